The standard InChI is InChI=1S/C17H16FN5O2/c1-12(17(25)19-11-13-3-5-14(18)6-4-13)23-16(24)8-7-15(21-23)22-10-2-9-20-22/h2-10,12H,11H2,1H3,(H,19,25). The maximum Gasteiger partial charge on any atom is 0.267 e. The SMILES string of the molecule is CC(C(=O)NCc1ccc(F)cc1)n1nc(-n2cccn2)ccc1=O. The molecule has 0 radical (unpaired) electrons. The molecule has 0 aliphatic rings. The molecule has 3 rings (SSSR count). The van der Waals surface area contributed by atoms with E-state index in [1.54, 1.807) is 37.5 Å². The molecule has 1 amide bonds. The van der Waals surface area contributed by atoms with Crippen molar-refractivity contribution < 1.29 is 9.18 Å². The van der Waals surface area contributed by atoms with Crippen LogP contribution in [0.25, 0.3) is 5.82 Å². The number of nitrogens with zero attached hydrogens (tertiary/aromatic N) is 4. The van der Waals surface area contributed by atoms with Crippen molar-refractivity contribution in [3.8, 4) is 5.82 Å². The van der Waals surface area contributed by atoms with Gasteiger partial charge in [-0.25, -0.2) is 13.8 Å². The zero-order chi connectivity index (χ0) is 17.8. The Labute approximate surface area is 142 Å². The van der Waals surface area contributed by atoms with Crippen LogP contribution in [0.1, 0.15) is 18.5 Å². The van der Waals surface area contributed by atoms with Gasteiger partial charge in [0.1, 0.15) is 11.9 Å². The summed E-state index contributed by atoms with van der Waals surface area (Å²) in [6.07, 6.45) is 3.28. The Bertz CT molecular complexity index is 919. The first-order chi connectivity index (χ1) is 12.0. The lowest BCUT2D eigenvalue weighted by molar-refractivity contribution is -0.124. The van der Waals surface area contributed by atoms with Crippen LogP contribution >= 0.6 is 0 Å². The Morgan fingerprint density at radius 3 is 2.68 bits per heavy atom. The molecular weight excluding hydrogens is 325 g/mol. The summed E-state index contributed by atoms with van der Waals surface area (Å²) in [7, 11) is 0. The highest BCUT2D eigenvalue weighted by molar-refractivity contribution is 5.79. The Morgan fingerprint density at radius 1 is 1.24 bits per heavy atom. The maximum absolute atomic E-state index is 12.9. The summed E-state index contributed by atoms with van der Waals surface area (Å²) in [6, 6.07) is 9.63. The second kappa shape index (κ2) is 7.08. The van der Waals surface area contributed by atoms with Gasteiger partial charge in [0, 0.05) is 25.0 Å². The lowest BCUT2D eigenvalue weighted by atomic mass is 10.2. The zero-order valence-electron chi connectivity index (χ0n) is 13.5. The van der Waals surface area contributed by atoms with E-state index in [1.165, 1.54) is 28.9 Å². The van der Waals surface area contributed by atoms with Crippen LogP contribution in [-0.2, 0) is 11.3 Å². The van der Waals surface area contributed by atoms with Crippen molar-refractivity contribution in [1.29, 1.82) is 0 Å². The van der Waals surface area contributed by atoms with Gasteiger partial charge in [-0.1, -0.05) is 12.1 Å². The smallest absolute Gasteiger partial charge is 0.267 e. The van der Waals surface area contributed by atoms with Gasteiger partial charge < -0.3 is 5.32 Å². The minimum atomic E-state index is -0.802. The van der Waals surface area contributed by atoms with Gasteiger partial charge >= 0.3 is 0 Å². The van der Waals surface area contributed by atoms with Gasteiger partial charge in [-0.15, -0.1) is 5.10 Å². The number of carbonyl (C=O) groups excluding carboxylic acids is 1. The van der Waals surface area contributed by atoms with Crippen molar-refractivity contribution >= 4 is 5.91 Å². The quantitative estimate of drug-likeness (QED) is 0.761. The minimum absolute atomic E-state index is 0.233. The summed E-state index contributed by atoms with van der Waals surface area (Å²) in [5, 5.41) is 11.0. The zero-order valence-corrected chi connectivity index (χ0v) is 13.5. The van der Waals surface area contributed by atoms with Gasteiger partial charge in [-0.3, -0.25) is 9.59 Å². The van der Waals surface area contributed by atoms with Crippen molar-refractivity contribution in [2.75, 3.05) is 0 Å². The van der Waals surface area contributed by atoms with Gasteiger partial charge in [0.15, 0.2) is 5.82 Å². The van der Waals surface area contributed by atoms with Crippen LogP contribution in [0.15, 0.2) is 59.7 Å². The fourth-order valence-electron chi connectivity index (χ4n) is 2.27. The Kier molecular flexibility index (Phi) is 4.69. The van der Waals surface area contributed by atoms with E-state index in [0.29, 0.717) is 5.82 Å². The van der Waals surface area contributed by atoms with Crippen LogP contribution in [0.2, 0.25) is 0 Å². The molecule has 0 aliphatic carbocycles. The molecule has 0 saturated carbocycles. The highest BCUT2D eigenvalue weighted by Crippen LogP contribution is 2.06. The third kappa shape index (κ3) is 3.79. The van der Waals surface area contributed by atoms with Gasteiger partial charge in [0.25, 0.3) is 5.56 Å². The molecule has 0 aliphatic heterocycles. The van der Waals surface area contributed by atoms with E-state index in [4.69, 9.17) is 0 Å². The molecule has 1 aromatic carbocycles. The fraction of sp³-hybridized carbons (Fsp3) is 0.176. The molecule has 128 valence electrons. The van der Waals surface area contributed by atoms with E-state index < -0.39 is 6.04 Å². The number of nitrogens with one attached hydrogen (secondary N) is 1. The predicted octanol–water partition coefficient (Wildman–Crippen LogP) is 1.45. The second-order valence-electron chi connectivity index (χ2n) is 5.45. The van der Waals surface area contributed by atoms with E-state index in [0.717, 1.165) is 10.2 Å². The summed E-state index contributed by atoms with van der Waals surface area (Å²) >= 11 is 0. The number of benzene rings is 1. The van der Waals surface area contributed by atoms with Crippen LogP contribution in [-0.4, -0.2) is 25.5 Å². The molecular formula is C17H16FN5O2. The van der Waals surface area contributed by atoms with Crippen LogP contribution in [0.5, 0.6) is 0 Å². The third-order valence-corrected chi connectivity index (χ3v) is 3.68. The van der Waals surface area contributed by atoms with E-state index in [-0.39, 0.29) is 23.8 Å². The van der Waals surface area contributed by atoms with Crippen molar-refractivity contribution in [1.82, 2.24) is 24.9 Å². The van der Waals surface area contributed by atoms with Crippen LogP contribution < -0.4 is 10.9 Å². The minimum Gasteiger partial charge on any atom is -0.350 e. The summed E-state index contributed by atoms with van der Waals surface area (Å²) in [5.41, 5.74) is 0.368. The molecule has 1 atom stereocenters. The number of halogens is 1. The van der Waals surface area contributed by atoms with Gasteiger partial charge in [0.05, 0.1) is 0 Å². The van der Waals surface area contributed by atoms with E-state index >= 15 is 0 Å². The molecule has 3 aromatic rings. The number of aromatic nitrogens is 4. The molecule has 8 heteroatoms. The average molecular weight is 341 g/mol. The molecule has 0 saturated heterocycles. The maximum atomic E-state index is 12.9. The van der Waals surface area contributed by atoms with Gasteiger partial charge in [0.2, 0.25) is 5.91 Å². The molecule has 1 unspecified atom stereocenters. The van der Waals surface area contributed by atoms with E-state index in [2.05, 4.69) is 15.5 Å². The lowest BCUT2D eigenvalue weighted by Gasteiger charge is -2.15. The molecule has 7 nitrogen and oxygen atoms in total. The lowest BCUT2D eigenvalue weighted by Crippen LogP contribution is -2.37. The number of amides is 1. The first-order valence-corrected chi connectivity index (χ1v) is 7.66. The van der Waals surface area contributed by atoms with Crippen LogP contribution in [0.3, 0.4) is 0 Å². The second-order valence-corrected chi connectivity index (χ2v) is 5.45. The van der Waals surface area contributed by atoms with Crippen LogP contribution in [0.4, 0.5) is 4.39 Å². The molecule has 0 fully saturated rings. The van der Waals surface area contributed by atoms with Crippen molar-refractivity contribution in [2.24, 2.45) is 0 Å². The summed E-state index contributed by atoms with van der Waals surface area (Å²) < 4.78 is 15.5. The highest BCUT2D eigenvalue weighted by atomic mass is 19.1. The predicted molar refractivity (Wildman–Crippen MR) is 88.6 cm³/mol. The Hall–Kier alpha value is -3.29. The van der Waals surface area contributed by atoms with Gasteiger partial charge in [-0.2, -0.15) is 5.10 Å². The number of hydrogen-bond donors (Lipinski definition) is 1. The van der Waals surface area contributed by atoms with E-state index in [9.17, 15) is 14.0 Å². The monoisotopic (exact) mass is 341 g/mol. The number of rotatable bonds is 5. The van der Waals surface area contributed by atoms with Gasteiger partial charge in [-0.05, 0) is 36.8 Å². The Morgan fingerprint density at radius 2 is 2.00 bits per heavy atom. The largest absolute Gasteiger partial charge is 0.350 e. The summed E-state index contributed by atoms with van der Waals surface area (Å²) in [5.74, 6) is -0.269. The normalized spacial score (nSPS) is 11.9. The molecule has 1 N–H and O–H groups in total. The molecule has 2 heterocycles. The number of hydrogen-bond acceptors (Lipinski definition) is 4. The first-order valence-electron chi connectivity index (χ1n) is 7.66. The van der Waals surface area contributed by atoms with Crippen molar-refractivity contribution in [3.05, 3.63) is 76.6 Å². The first kappa shape index (κ1) is 16.6. The summed E-state index contributed by atoms with van der Waals surface area (Å²) in [6.45, 7) is 1.82. The molecule has 0 bridgehead atoms. The average Bonchev–Trinajstić information content (AvgIpc) is 3.15. The molecule has 2 aromatic heterocycles. The van der Waals surface area contributed by atoms with Crippen molar-refractivity contribution in [2.45, 2.75) is 19.5 Å². The highest BCUT2D eigenvalue weighted by Gasteiger charge is 2.18. The van der Waals surface area contributed by atoms with Crippen molar-refractivity contribution in [3.63, 3.8) is 0 Å². The topological polar surface area (TPSA) is 81.8 Å². The third-order valence-electron chi connectivity index (χ3n) is 3.68. The van der Waals surface area contributed by atoms with Crippen LogP contribution in [0, 0.1) is 5.82 Å². The Balaban J connectivity index is 1.74. The number of carbonyl (C=O) groups is 1. The fourth-order valence-corrected chi connectivity index (χ4v) is 2.27. The van der Waals surface area contributed by atoms with E-state index in [1.807, 2.05) is 0 Å². The molecule has 25 heavy (non-hydrogen) atoms. The summed E-state index contributed by atoms with van der Waals surface area (Å²) in [4.78, 5) is 24.4. The molecule has 0 spiro atoms.